The van der Waals surface area contributed by atoms with Crippen LogP contribution in [0.5, 0.6) is 0 Å². The summed E-state index contributed by atoms with van der Waals surface area (Å²) in [4.78, 5) is 21.7. The quantitative estimate of drug-likeness (QED) is 0.546. The monoisotopic (exact) mass is 204 g/mol. The fourth-order valence-electron chi connectivity index (χ4n) is 0.570. The lowest BCUT2D eigenvalue weighted by Gasteiger charge is -2.20. The highest BCUT2D eigenvalue weighted by Crippen LogP contribution is 2.11. The first kappa shape index (κ1) is 12.7. The van der Waals surface area contributed by atoms with E-state index in [1.165, 1.54) is 0 Å². The summed E-state index contributed by atoms with van der Waals surface area (Å²) in [6, 6.07) is 0. The number of nitrogens with one attached hydrogen (secondary N) is 1. The average molecular weight is 204 g/mol. The van der Waals surface area contributed by atoms with Crippen LogP contribution >= 0.6 is 0 Å². The molecular weight excluding hydrogens is 188 g/mol. The molecule has 0 aliphatic heterocycles. The molecule has 0 aromatic heterocycles. The van der Waals surface area contributed by atoms with E-state index in [-0.39, 0.29) is 19.8 Å². The second kappa shape index (κ2) is 5.43. The van der Waals surface area contributed by atoms with Gasteiger partial charge in [0, 0.05) is 6.54 Å². The van der Waals surface area contributed by atoms with E-state index in [0.717, 1.165) is 0 Å². The minimum absolute atomic E-state index is 0.0666. The molecular formula is C8H16N2O4. The molecule has 2 amide bonds. The Morgan fingerprint density at radius 3 is 2.50 bits per heavy atom. The number of nitrogens with two attached hydrogens (primary N) is 1. The zero-order chi connectivity index (χ0) is 11.2. The molecule has 0 rings (SSSR count). The lowest BCUT2D eigenvalue weighted by molar-refractivity contribution is -0.125. The number of hydrogen-bond donors (Lipinski definition) is 3. The first-order valence-corrected chi connectivity index (χ1v) is 4.21. The highest BCUT2D eigenvalue weighted by molar-refractivity contribution is 5.81. The average Bonchev–Trinajstić information content (AvgIpc) is 2.11. The SMILES string of the molecule is CC(C)(CNC(=O)OCCO)C(N)=O. The second-order valence-corrected chi connectivity index (χ2v) is 3.46. The molecule has 4 N–H and O–H groups in total. The zero-order valence-corrected chi connectivity index (χ0v) is 8.37. The van der Waals surface area contributed by atoms with Gasteiger partial charge in [-0.3, -0.25) is 4.79 Å². The normalized spacial score (nSPS) is 10.8. The van der Waals surface area contributed by atoms with Gasteiger partial charge in [0.05, 0.1) is 12.0 Å². The number of rotatable bonds is 5. The molecule has 0 bridgehead atoms. The van der Waals surface area contributed by atoms with Crippen LogP contribution in [0.4, 0.5) is 4.79 Å². The van der Waals surface area contributed by atoms with Gasteiger partial charge in [-0.05, 0) is 13.8 Å². The maximum absolute atomic E-state index is 10.9. The maximum atomic E-state index is 10.9. The Hall–Kier alpha value is -1.30. The standard InChI is InChI=1S/C8H16N2O4/c1-8(2,6(9)12)5-10-7(13)14-4-3-11/h11H,3-5H2,1-2H3,(H2,9,12)(H,10,13). The number of alkyl carbamates (subject to hydrolysis) is 1. The van der Waals surface area contributed by atoms with Crippen molar-refractivity contribution in [2.45, 2.75) is 13.8 Å². The molecule has 0 saturated heterocycles. The highest BCUT2D eigenvalue weighted by atomic mass is 16.6. The third-order valence-corrected chi connectivity index (χ3v) is 1.67. The lowest BCUT2D eigenvalue weighted by atomic mass is 9.93. The van der Waals surface area contributed by atoms with Gasteiger partial charge < -0.3 is 20.9 Å². The van der Waals surface area contributed by atoms with E-state index < -0.39 is 17.4 Å². The molecule has 0 aliphatic carbocycles. The van der Waals surface area contributed by atoms with Crippen LogP contribution in [0.25, 0.3) is 0 Å². The van der Waals surface area contributed by atoms with Gasteiger partial charge in [0.15, 0.2) is 0 Å². The molecule has 0 atom stereocenters. The van der Waals surface area contributed by atoms with E-state index in [4.69, 9.17) is 10.8 Å². The molecule has 82 valence electrons. The van der Waals surface area contributed by atoms with E-state index in [1.807, 2.05) is 0 Å². The molecule has 0 heterocycles. The summed E-state index contributed by atoms with van der Waals surface area (Å²) < 4.78 is 4.51. The van der Waals surface area contributed by atoms with Crippen molar-refractivity contribution in [1.29, 1.82) is 0 Å². The Balaban J connectivity index is 3.82. The Morgan fingerprint density at radius 2 is 2.07 bits per heavy atom. The van der Waals surface area contributed by atoms with Crippen molar-refractivity contribution in [2.24, 2.45) is 11.1 Å². The Morgan fingerprint density at radius 1 is 1.50 bits per heavy atom. The summed E-state index contributed by atoms with van der Waals surface area (Å²) in [6.07, 6.45) is -0.673. The van der Waals surface area contributed by atoms with E-state index >= 15 is 0 Å². The van der Waals surface area contributed by atoms with Crippen molar-refractivity contribution in [3.8, 4) is 0 Å². The highest BCUT2D eigenvalue weighted by Gasteiger charge is 2.25. The molecule has 0 saturated carbocycles. The first-order valence-electron chi connectivity index (χ1n) is 4.21. The van der Waals surface area contributed by atoms with Gasteiger partial charge in [0.2, 0.25) is 5.91 Å². The molecule has 6 heteroatoms. The number of primary amides is 1. The predicted octanol–water partition coefficient (Wildman–Crippen LogP) is -0.784. The fraction of sp³-hybridized carbons (Fsp3) is 0.750. The molecule has 14 heavy (non-hydrogen) atoms. The van der Waals surface area contributed by atoms with E-state index in [1.54, 1.807) is 13.8 Å². The molecule has 0 fully saturated rings. The topological polar surface area (TPSA) is 102 Å². The minimum Gasteiger partial charge on any atom is -0.447 e. The molecule has 6 nitrogen and oxygen atoms in total. The smallest absolute Gasteiger partial charge is 0.407 e. The van der Waals surface area contributed by atoms with Crippen LogP contribution < -0.4 is 11.1 Å². The third kappa shape index (κ3) is 4.66. The van der Waals surface area contributed by atoms with Crippen LogP contribution in [0, 0.1) is 5.41 Å². The summed E-state index contributed by atoms with van der Waals surface area (Å²) >= 11 is 0. The van der Waals surface area contributed by atoms with Gasteiger partial charge in [-0.25, -0.2) is 4.79 Å². The van der Waals surface area contributed by atoms with Gasteiger partial charge in [-0.15, -0.1) is 0 Å². The Labute approximate surface area is 82.4 Å². The summed E-state index contributed by atoms with van der Waals surface area (Å²) in [6.45, 7) is 3.03. The van der Waals surface area contributed by atoms with Crippen LogP contribution in [0.1, 0.15) is 13.8 Å². The molecule has 0 aromatic rings. The van der Waals surface area contributed by atoms with Crippen molar-refractivity contribution in [3.63, 3.8) is 0 Å². The Kier molecular flexibility index (Phi) is 4.93. The minimum atomic E-state index is -0.807. The number of amides is 2. The largest absolute Gasteiger partial charge is 0.447 e. The zero-order valence-electron chi connectivity index (χ0n) is 8.37. The molecule has 0 unspecified atom stereocenters. The van der Waals surface area contributed by atoms with Crippen LogP contribution in [0.3, 0.4) is 0 Å². The summed E-state index contributed by atoms with van der Waals surface area (Å²) in [5.74, 6) is -0.500. The number of hydrogen-bond acceptors (Lipinski definition) is 4. The molecule has 0 radical (unpaired) electrons. The Bertz CT molecular complexity index is 215. The summed E-state index contributed by atoms with van der Waals surface area (Å²) in [5.41, 5.74) is 4.28. The van der Waals surface area contributed by atoms with E-state index in [2.05, 4.69) is 10.1 Å². The molecule has 0 aromatic carbocycles. The summed E-state index contributed by atoms with van der Waals surface area (Å²) in [5, 5.41) is 10.7. The third-order valence-electron chi connectivity index (χ3n) is 1.67. The number of carbonyl (C=O) groups is 2. The number of ether oxygens (including phenoxy) is 1. The van der Waals surface area contributed by atoms with Crippen molar-refractivity contribution in [3.05, 3.63) is 0 Å². The van der Waals surface area contributed by atoms with Crippen LogP contribution in [0.15, 0.2) is 0 Å². The fourth-order valence-corrected chi connectivity index (χ4v) is 0.570. The van der Waals surface area contributed by atoms with Crippen molar-refractivity contribution < 1.29 is 19.4 Å². The summed E-state index contributed by atoms with van der Waals surface area (Å²) in [7, 11) is 0. The van der Waals surface area contributed by atoms with E-state index in [9.17, 15) is 9.59 Å². The van der Waals surface area contributed by atoms with Crippen LogP contribution in [0.2, 0.25) is 0 Å². The van der Waals surface area contributed by atoms with Gasteiger partial charge in [0.1, 0.15) is 6.61 Å². The van der Waals surface area contributed by atoms with Gasteiger partial charge in [0.25, 0.3) is 0 Å². The predicted molar refractivity (Wildman–Crippen MR) is 49.4 cm³/mol. The van der Waals surface area contributed by atoms with Crippen molar-refractivity contribution in [1.82, 2.24) is 5.32 Å². The van der Waals surface area contributed by atoms with E-state index in [0.29, 0.717) is 0 Å². The number of carbonyl (C=O) groups excluding carboxylic acids is 2. The molecule has 0 aliphatic rings. The number of aliphatic hydroxyl groups is 1. The number of aliphatic hydroxyl groups excluding tert-OH is 1. The van der Waals surface area contributed by atoms with Crippen molar-refractivity contribution >= 4 is 12.0 Å². The second-order valence-electron chi connectivity index (χ2n) is 3.46. The maximum Gasteiger partial charge on any atom is 0.407 e. The molecule has 0 spiro atoms. The van der Waals surface area contributed by atoms with Gasteiger partial charge in [-0.2, -0.15) is 0 Å². The van der Waals surface area contributed by atoms with Gasteiger partial charge in [-0.1, -0.05) is 0 Å². The van der Waals surface area contributed by atoms with Crippen LogP contribution in [-0.4, -0.2) is 36.9 Å². The lowest BCUT2D eigenvalue weighted by Crippen LogP contribution is -2.42. The first-order chi connectivity index (χ1) is 6.40. The van der Waals surface area contributed by atoms with Gasteiger partial charge >= 0.3 is 6.09 Å². The van der Waals surface area contributed by atoms with Crippen molar-refractivity contribution in [2.75, 3.05) is 19.8 Å². The van der Waals surface area contributed by atoms with Crippen LogP contribution in [-0.2, 0) is 9.53 Å².